The predicted molar refractivity (Wildman–Crippen MR) is 128 cm³/mol. The number of carbonyl (C=O) groups is 2. The van der Waals surface area contributed by atoms with Crippen molar-refractivity contribution in [3.8, 4) is 0 Å². The fraction of sp³-hybridized carbons (Fsp3) is 0.500. The van der Waals surface area contributed by atoms with Crippen molar-refractivity contribution >= 4 is 28.3 Å². The van der Waals surface area contributed by atoms with Gasteiger partial charge in [0, 0.05) is 17.5 Å². The highest BCUT2D eigenvalue weighted by atomic mass is 32.1. The quantitative estimate of drug-likeness (QED) is 0.447. The molecule has 32 heavy (non-hydrogen) atoms. The van der Waals surface area contributed by atoms with Crippen LogP contribution in [-0.2, 0) is 21.4 Å². The van der Waals surface area contributed by atoms with Crippen molar-refractivity contribution in [3.63, 3.8) is 0 Å². The molecular weight excluding hydrogens is 422 g/mol. The van der Waals surface area contributed by atoms with Crippen LogP contribution in [0.4, 0.5) is 5.13 Å². The number of aryl methyl sites for hydroxylation is 1. The standard InChI is InChI=1S/C24H33N5O2S/c1-3-8-19(25)21(31)26-18(12-11-17-9-5-4-6-10-17)13-14-20(30)27-23-29-28-22(32-23)24(2)15-7-16-24/h4-6,9-10,13-14,18-19H,3,7-8,11-12,15-16,25H2,1-2H3,(H,26,31)(H,27,29,30)/b14-13+/t18-,19-/m0/s1. The Morgan fingerprint density at radius 3 is 2.62 bits per heavy atom. The molecule has 172 valence electrons. The molecule has 7 nitrogen and oxygen atoms in total. The van der Waals surface area contributed by atoms with Crippen LogP contribution in [0.15, 0.2) is 42.5 Å². The molecule has 1 heterocycles. The van der Waals surface area contributed by atoms with Crippen LogP contribution < -0.4 is 16.4 Å². The zero-order chi connectivity index (χ0) is 23.0. The van der Waals surface area contributed by atoms with Crippen molar-refractivity contribution in [2.45, 2.75) is 76.3 Å². The lowest BCUT2D eigenvalue weighted by Gasteiger charge is -2.35. The van der Waals surface area contributed by atoms with Gasteiger partial charge in [-0.2, -0.15) is 0 Å². The van der Waals surface area contributed by atoms with Crippen LogP contribution >= 0.6 is 11.3 Å². The highest BCUT2D eigenvalue weighted by Crippen LogP contribution is 2.44. The summed E-state index contributed by atoms with van der Waals surface area (Å²) in [7, 11) is 0. The predicted octanol–water partition coefficient (Wildman–Crippen LogP) is 3.72. The van der Waals surface area contributed by atoms with Gasteiger partial charge in [-0.15, -0.1) is 10.2 Å². The summed E-state index contributed by atoms with van der Waals surface area (Å²) in [5.74, 6) is -0.485. The molecule has 0 spiro atoms. The Labute approximate surface area is 193 Å². The summed E-state index contributed by atoms with van der Waals surface area (Å²) in [5.41, 5.74) is 7.24. The topological polar surface area (TPSA) is 110 Å². The Bertz CT molecular complexity index is 923. The summed E-state index contributed by atoms with van der Waals surface area (Å²) < 4.78 is 0. The summed E-state index contributed by atoms with van der Waals surface area (Å²) >= 11 is 1.43. The van der Waals surface area contributed by atoms with E-state index in [2.05, 4.69) is 27.8 Å². The lowest BCUT2D eigenvalue weighted by molar-refractivity contribution is -0.123. The summed E-state index contributed by atoms with van der Waals surface area (Å²) in [6, 6.07) is 9.21. The van der Waals surface area contributed by atoms with Gasteiger partial charge >= 0.3 is 0 Å². The maximum atomic E-state index is 12.5. The second kappa shape index (κ2) is 11.3. The summed E-state index contributed by atoms with van der Waals surface area (Å²) in [6.45, 7) is 4.18. The molecule has 2 amide bonds. The van der Waals surface area contributed by atoms with Crippen LogP contribution in [0, 0.1) is 0 Å². The van der Waals surface area contributed by atoms with Gasteiger partial charge in [-0.25, -0.2) is 0 Å². The lowest BCUT2D eigenvalue weighted by atomic mass is 9.71. The van der Waals surface area contributed by atoms with Gasteiger partial charge in [0.05, 0.1) is 6.04 Å². The number of benzene rings is 1. The molecule has 2 aromatic rings. The third-order valence-electron chi connectivity index (χ3n) is 5.96. The van der Waals surface area contributed by atoms with Crippen LogP contribution in [0.25, 0.3) is 0 Å². The number of amides is 2. The SMILES string of the molecule is CCC[C@H](N)C(=O)N[C@H](/C=C/C(=O)Nc1nnc(C2(C)CCC2)s1)CCc1ccccc1. The van der Waals surface area contributed by atoms with Crippen LogP contribution in [0.5, 0.6) is 0 Å². The highest BCUT2D eigenvalue weighted by molar-refractivity contribution is 7.15. The lowest BCUT2D eigenvalue weighted by Crippen LogP contribution is -2.45. The van der Waals surface area contributed by atoms with Gasteiger partial charge in [-0.3, -0.25) is 14.9 Å². The van der Waals surface area contributed by atoms with E-state index in [0.29, 0.717) is 18.0 Å². The Hall–Kier alpha value is -2.58. The number of anilines is 1. The van der Waals surface area contributed by atoms with E-state index in [1.807, 2.05) is 37.3 Å². The number of carbonyl (C=O) groups excluding carboxylic acids is 2. The van der Waals surface area contributed by atoms with Gasteiger partial charge in [0.2, 0.25) is 16.9 Å². The van der Waals surface area contributed by atoms with E-state index in [1.54, 1.807) is 6.08 Å². The average molecular weight is 456 g/mol. The fourth-order valence-electron chi connectivity index (χ4n) is 3.70. The smallest absolute Gasteiger partial charge is 0.249 e. The molecule has 1 aromatic carbocycles. The zero-order valence-electron chi connectivity index (χ0n) is 18.8. The second-order valence-corrected chi connectivity index (χ2v) is 9.69. The molecule has 1 aliphatic carbocycles. The number of hydrogen-bond donors (Lipinski definition) is 3. The van der Waals surface area contributed by atoms with E-state index in [4.69, 9.17) is 5.73 Å². The minimum atomic E-state index is -0.547. The second-order valence-electron chi connectivity index (χ2n) is 8.71. The maximum absolute atomic E-state index is 12.5. The summed E-state index contributed by atoms with van der Waals surface area (Å²) in [4.78, 5) is 24.9. The van der Waals surface area contributed by atoms with Crippen LogP contribution in [0.3, 0.4) is 0 Å². The molecule has 0 aliphatic heterocycles. The van der Waals surface area contributed by atoms with E-state index < -0.39 is 6.04 Å². The molecular formula is C24H33N5O2S. The van der Waals surface area contributed by atoms with Gasteiger partial charge in [0.25, 0.3) is 0 Å². The van der Waals surface area contributed by atoms with Crippen LogP contribution in [0.1, 0.15) is 62.9 Å². The normalized spacial score (nSPS) is 16.8. The number of aromatic nitrogens is 2. The van der Waals surface area contributed by atoms with E-state index in [-0.39, 0.29) is 23.3 Å². The van der Waals surface area contributed by atoms with Crippen molar-refractivity contribution in [3.05, 3.63) is 53.1 Å². The summed E-state index contributed by atoms with van der Waals surface area (Å²) in [6.07, 6.45) is 9.51. The molecule has 2 atom stereocenters. The highest BCUT2D eigenvalue weighted by Gasteiger charge is 2.37. The molecule has 1 aliphatic rings. The summed E-state index contributed by atoms with van der Waals surface area (Å²) in [5, 5.41) is 15.6. The van der Waals surface area contributed by atoms with Gasteiger partial charge in [-0.05, 0) is 37.7 Å². The maximum Gasteiger partial charge on any atom is 0.249 e. The third-order valence-corrected chi connectivity index (χ3v) is 7.10. The van der Waals surface area contributed by atoms with Gasteiger partial charge in [0.1, 0.15) is 5.01 Å². The average Bonchev–Trinajstić information content (AvgIpc) is 3.23. The Balaban J connectivity index is 1.60. The van der Waals surface area contributed by atoms with Crippen molar-refractivity contribution in [2.24, 2.45) is 5.73 Å². The minimum absolute atomic E-state index is 0.0978. The molecule has 0 saturated heterocycles. The van der Waals surface area contributed by atoms with Crippen LogP contribution in [0.2, 0.25) is 0 Å². The molecule has 0 radical (unpaired) electrons. The fourth-order valence-corrected chi connectivity index (χ4v) is 4.65. The van der Waals surface area contributed by atoms with Crippen molar-refractivity contribution < 1.29 is 9.59 Å². The number of hydrogen-bond acceptors (Lipinski definition) is 6. The number of nitrogens with two attached hydrogens (primary N) is 1. The van der Waals surface area contributed by atoms with Gasteiger partial charge < -0.3 is 11.1 Å². The molecule has 4 N–H and O–H groups in total. The molecule has 1 saturated carbocycles. The third kappa shape index (κ3) is 6.71. The van der Waals surface area contributed by atoms with Gasteiger partial charge in [-0.1, -0.05) is 74.4 Å². The largest absolute Gasteiger partial charge is 0.349 e. The first kappa shape index (κ1) is 24.1. The Morgan fingerprint density at radius 2 is 1.97 bits per heavy atom. The molecule has 8 heteroatoms. The Morgan fingerprint density at radius 1 is 1.22 bits per heavy atom. The van der Waals surface area contributed by atoms with E-state index in [1.165, 1.54) is 29.4 Å². The molecule has 0 bridgehead atoms. The molecule has 1 fully saturated rings. The Kier molecular flexibility index (Phi) is 8.53. The van der Waals surface area contributed by atoms with E-state index in [9.17, 15) is 9.59 Å². The first-order valence-electron chi connectivity index (χ1n) is 11.3. The van der Waals surface area contributed by atoms with E-state index >= 15 is 0 Å². The van der Waals surface area contributed by atoms with E-state index in [0.717, 1.165) is 30.7 Å². The van der Waals surface area contributed by atoms with Crippen molar-refractivity contribution in [1.29, 1.82) is 0 Å². The number of nitrogens with zero attached hydrogens (tertiary/aromatic N) is 2. The monoisotopic (exact) mass is 455 g/mol. The molecule has 3 rings (SSSR count). The van der Waals surface area contributed by atoms with Crippen LogP contribution in [-0.4, -0.2) is 34.1 Å². The number of nitrogens with one attached hydrogen (secondary N) is 2. The first-order valence-corrected chi connectivity index (χ1v) is 12.1. The molecule has 0 unspecified atom stereocenters. The minimum Gasteiger partial charge on any atom is -0.349 e. The number of rotatable bonds is 11. The van der Waals surface area contributed by atoms with Gasteiger partial charge in [0.15, 0.2) is 0 Å². The van der Waals surface area contributed by atoms with Crippen molar-refractivity contribution in [1.82, 2.24) is 15.5 Å². The molecule has 1 aromatic heterocycles. The zero-order valence-corrected chi connectivity index (χ0v) is 19.7. The van der Waals surface area contributed by atoms with Crippen molar-refractivity contribution in [2.75, 3.05) is 5.32 Å². The first-order chi connectivity index (χ1) is 15.4.